The van der Waals surface area contributed by atoms with Gasteiger partial charge >= 0.3 is 32.7 Å². The van der Waals surface area contributed by atoms with E-state index in [1.54, 1.807) is 12.1 Å². The van der Waals surface area contributed by atoms with Gasteiger partial charge in [-0.2, -0.15) is 0 Å². The maximum Gasteiger partial charge on any atom is 3.00 e. The van der Waals surface area contributed by atoms with Crippen LogP contribution in [0.25, 0.3) is 5.53 Å². The molecular weight excluding hydrogens is 667 g/mol. The maximum atomic E-state index is 13.0. The summed E-state index contributed by atoms with van der Waals surface area (Å²) < 4.78 is 0. The van der Waals surface area contributed by atoms with Crippen LogP contribution in [0.4, 0.5) is 17.1 Å². The number of rotatable bonds is 16. The van der Waals surface area contributed by atoms with Crippen LogP contribution in [-0.4, -0.2) is 24.3 Å². The van der Waals surface area contributed by atoms with Crippen molar-refractivity contribution in [3.63, 3.8) is 0 Å². The van der Waals surface area contributed by atoms with Gasteiger partial charge in [0.1, 0.15) is 5.69 Å². The molecule has 0 spiro atoms. The fourth-order valence-corrected chi connectivity index (χ4v) is 5.58. The number of anilines is 2. The number of halogens is 4. The summed E-state index contributed by atoms with van der Waals surface area (Å²) >= 11 is 24.9. The van der Waals surface area contributed by atoms with Gasteiger partial charge in [0.05, 0.1) is 20.8 Å². The molecule has 2 aromatic carbocycles. The van der Waals surface area contributed by atoms with E-state index >= 15 is 0 Å². The minimum Gasteiger partial charge on any atom is -0.711 e. The Morgan fingerprint density at radius 3 is 2.02 bits per heavy atom. The standard InChI is InChI=1S/C28H35Cl4N6O.Y/c1-2-3-4-5-6-7-8-9-10-11-12-15-34-20-13-14-21(30)24(18-20)35-27-25(36-33)28(39)38(37-27)26-22(31)16-19(29)17-23(26)32;/h13-14,16-18,25,34H,2-12,15H2,1H3,(H,35,37);/q-1;+3. The van der Waals surface area contributed by atoms with E-state index in [0.29, 0.717) is 15.7 Å². The van der Waals surface area contributed by atoms with Crippen molar-refractivity contribution in [1.29, 1.82) is 0 Å². The molecule has 1 heterocycles. The second-order valence-corrected chi connectivity index (χ2v) is 11.3. The number of carbonyl (C=O) groups is 1. The number of amidine groups is 1. The van der Waals surface area contributed by atoms with Crippen LogP contribution in [0.15, 0.2) is 40.4 Å². The Labute approximate surface area is 282 Å². The molecule has 2 aromatic rings. The molecule has 0 saturated carbocycles. The third-order valence-electron chi connectivity index (χ3n) is 6.56. The Morgan fingerprint density at radius 2 is 1.45 bits per heavy atom. The number of hydrogen-bond donors (Lipinski definition) is 2. The Bertz CT molecular complexity index is 1140. The van der Waals surface area contributed by atoms with E-state index in [-0.39, 0.29) is 54.3 Å². The van der Waals surface area contributed by atoms with Crippen LogP contribution < -0.4 is 15.8 Å². The van der Waals surface area contributed by atoms with Gasteiger partial charge in [0.15, 0.2) is 11.9 Å². The van der Waals surface area contributed by atoms with Gasteiger partial charge in [-0.05, 0) is 36.8 Å². The van der Waals surface area contributed by atoms with Gasteiger partial charge < -0.3 is 16.0 Å². The molecule has 7 nitrogen and oxygen atoms in total. The van der Waals surface area contributed by atoms with Gasteiger partial charge in [0.2, 0.25) is 0 Å². The van der Waals surface area contributed by atoms with Crippen molar-refractivity contribution in [2.24, 2.45) is 10.1 Å². The van der Waals surface area contributed by atoms with Crippen molar-refractivity contribution in [3.8, 4) is 0 Å². The molecular formula is C28H35Cl4N6OY+2. The van der Waals surface area contributed by atoms with E-state index < -0.39 is 11.9 Å². The zero-order valence-electron chi connectivity index (χ0n) is 22.7. The average Bonchev–Trinajstić information content (AvgIpc) is 3.20. The number of amides is 1. The van der Waals surface area contributed by atoms with Gasteiger partial charge in [-0.1, -0.05) is 118 Å². The second kappa shape index (κ2) is 18.6. The van der Waals surface area contributed by atoms with Crippen LogP contribution in [0, 0.1) is 0 Å². The Kier molecular flexibility index (Phi) is 16.3. The summed E-state index contributed by atoms with van der Waals surface area (Å²) in [7, 11) is 0. The molecule has 0 aromatic heterocycles. The zero-order chi connectivity index (χ0) is 28.2. The molecule has 1 amide bonds. The number of nitrogens with zero attached hydrogens (tertiary/aromatic N) is 4. The summed E-state index contributed by atoms with van der Waals surface area (Å²) in [6.07, 6.45) is 14.2. The molecule has 0 aliphatic carbocycles. The van der Waals surface area contributed by atoms with Crippen LogP contribution in [-0.2, 0) is 37.5 Å². The fraction of sp³-hybridized carbons (Fsp3) is 0.500. The van der Waals surface area contributed by atoms with Gasteiger partial charge in [-0.25, -0.2) is 10.0 Å². The van der Waals surface area contributed by atoms with Crippen LogP contribution in [0.3, 0.4) is 0 Å². The first-order valence-electron chi connectivity index (χ1n) is 13.6. The molecule has 1 fully saturated rings. The summed E-state index contributed by atoms with van der Waals surface area (Å²) in [5, 5.41) is 8.72. The van der Waals surface area contributed by atoms with Crippen molar-refractivity contribution in [2.75, 3.05) is 16.9 Å². The molecule has 1 atom stereocenters. The third-order valence-corrected chi connectivity index (χ3v) is 7.67. The molecule has 0 bridgehead atoms. The quantitative estimate of drug-likeness (QED) is 0.135. The molecule has 1 saturated heterocycles. The van der Waals surface area contributed by atoms with E-state index in [4.69, 9.17) is 46.4 Å². The SMILES string of the molecule is CCCCCCCCCCCCCNc1ccc(Cl)c(N=C2NN(c3c(Cl)cc(Cl)cc3Cl)C(=O)C2N=[N-])c1.[Y+3]. The molecule has 1 aliphatic heterocycles. The van der Waals surface area contributed by atoms with Crippen LogP contribution in [0.5, 0.6) is 0 Å². The molecule has 40 heavy (non-hydrogen) atoms. The van der Waals surface area contributed by atoms with E-state index in [0.717, 1.165) is 23.7 Å². The normalized spacial score (nSPS) is 15.7. The summed E-state index contributed by atoms with van der Waals surface area (Å²) in [5.41, 5.74) is 13.8. The number of aliphatic imine (C=N–C) groups is 1. The van der Waals surface area contributed by atoms with Crippen LogP contribution in [0.2, 0.25) is 20.1 Å². The topological polar surface area (TPSA) is 91.4 Å². The number of benzene rings is 2. The minimum absolute atomic E-state index is 0. The number of unbranched alkanes of at least 4 members (excludes halogenated alkanes) is 10. The molecule has 3 rings (SSSR count). The molecule has 212 valence electrons. The Morgan fingerprint density at radius 1 is 0.875 bits per heavy atom. The maximum absolute atomic E-state index is 13.0. The van der Waals surface area contributed by atoms with E-state index in [9.17, 15) is 10.3 Å². The van der Waals surface area contributed by atoms with E-state index in [2.05, 4.69) is 27.8 Å². The second-order valence-electron chi connectivity index (χ2n) is 9.65. The number of carbonyl (C=O) groups excluding carboxylic acids is 1. The Hall–Kier alpha value is -0.956. The molecule has 12 heteroatoms. The summed E-state index contributed by atoms with van der Waals surface area (Å²) in [5.74, 6) is -0.529. The average molecular weight is 702 g/mol. The van der Waals surface area contributed by atoms with Crippen molar-refractivity contribution < 1.29 is 37.5 Å². The van der Waals surface area contributed by atoms with Gasteiger partial charge in [-0.3, -0.25) is 10.2 Å². The van der Waals surface area contributed by atoms with Crippen LogP contribution in [0.1, 0.15) is 77.6 Å². The first kappa shape index (κ1) is 35.2. The predicted octanol–water partition coefficient (Wildman–Crippen LogP) is 9.99. The predicted molar refractivity (Wildman–Crippen MR) is 165 cm³/mol. The Balaban J connectivity index is 0.00000560. The number of hydrogen-bond acceptors (Lipinski definition) is 4. The smallest absolute Gasteiger partial charge is 0.711 e. The van der Waals surface area contributed by atoms with E-state index in [1.807, 2.05) is 6.07 Å². The first-order chi connectivity index (χ1) is 18.8. The molecule has 2 N–H and O–H groups in total. The van der Waals surface area contributed by atoms with Crippen molar-refractivity contribution in [2.45, 2.75) is 83.6 Å². The largest absolute Gasteiger partial charge is 3.00 e. The van der Waals surface area contributed by atoms with Crippen molar-refractivity contribution in [3.05, 3.63) is 56.0 Å². The zero-order valence-corrected chi connectivity index (χ0v) is 28.6. The van der Waals surface area contributed by atoms with E-state index in [1.165, 1.54) is 76.3 Å². The molecule has 1 unspecified atom stereocenters. The van der Waals surface area contributed by atoms with Gasteiger partial charge in [-0.15, -0.1) is 0 Å². The van der Waals surface area contributed by atoms with Crippen molar-refractivity contribution >= 4 is 75.2 Å². The van der Waals surface area contributed by atoms with Gasteiger partial charge in [0.25, 0.3) is 5.91 Å². The number of nitrogens with one attached hydrogen (secondary N) is 2. The molecule has 0 radical (unpaired) electrons. The monoisotopic (exact) mass is 700 g/mol. The summed E-state index contributed by atoms with van der Waals surface area (Å²) in [6, 6.07) is 7.03. The number of hydrazine groups is 1. The molecule has 1 aliphatic rings. The van der Waals surface area contributed by atoms with Crippen LogP contribution >= 0.6 is 46.4 Å². The first-order valence-corrected chi connectivity index (χ1v) is 15.1. The fourth-order valence-electron chi connectivity index (χ4n) is 4.43. The van der Waals surface area contributed by atoms with Crippen molar-refractivity contribution in [1.82, 2.24) is 5.43 Å². The third kappa shape index (κ3) is 10.4. The summed E-state index contributed by atoms with van der Waals surface area (Å²) in [6.45, 7) is 3.09. The summed E-state index contributed by atoms with van der Waals surface area (Å²) in [4.78, 5) is 17.4. The van der Waals surface area contributed by atoms with Gasteiger partial charge in [0, 0.05) is 17.3 Å². The minimum atomic E-state index is -1.29.